The van der Waals surface area contributed by atoms with Gasteiger partial charge in [0.15, 0.2) is 0 Å². The molecule has 4 aromatic rings. The van der Waals surface area contributed by atoms with Gasteiger partial charge in [0.1, 0.15) is 0 Å². The first-order valence-electron chi connectivity index (χ1n) is 10.9. The van der Waals surface area contributed by atoms with Gasteiger partial charge in [-0.1, -0.05) is 0 Å². The van der Waals surface area contributed by atoms with Crippen LogP contribution in [-0.4, -0.2) is 4.57 Å². The van der Waals surface area contributed by atoms with Crippen LogP contribution in [0.1, 0.15) is 26.7 Å². The minimum absolute atomic E-state index is 0. The SMILES string of the molecule is C1=CC(Cc2ccccc2)=[C]([Zr+2][CH]2C(n3ccc4ccccc43)=Cc3ccccc32)C1.[Cl-].[Cl-]. The standard InChI is InChI=1S/C17H12N.C12H11.2ClH.Zr/c1-2-7-15-12-16(11-14(15)6-1)18-10-9-13-5-3-4-8-17(13)18;1-2-6-11(7-3-1)10-12-8-4-5-9-12;;;/h1-12H;1-4,6-8H,5,10H2;2*1H;/q;;;;+2/p-2. The van der Waals surface area contributed by atoms with Crippen molar-refractivity contribution in [2.45, 2.75) is 16.5 Å². The van der Waals surface area contributed by atoms with E-state index >= 15 is 0 Å². The van der Waals surface area contributed by atoms with Crippen molar-refractivity contribution in [1.29, 1.82) is 0 Å². The van der Waals surface area contributed by atoms with Crippen LogP contribution in [0, 0.1) is 0 Å². The smallest absolute Gasteiger partial charge is 1.00 e. The Morgan fingerprint density at radius 3 is 2.45 bits per heavy atom. The van der Waals surface area contributed by atoms with Gasteiger partial charge in [0.2, 0.25) is 0 Å². The van der Waals surface area contributed by atoms with Gasteiger partial charge in [-0.2, -0.15) is 0 Å². The summed E-state index contributed by atoms with van der Waals surface area (Å²) < 4.78 is 4.74. The van der Waals surface area contributed by atoms with Gasteiger partial charge in [-0.25, -0.2) is 0 Å². The van der Waals surface area contributed by atoms with E-state index in [2.05, 4.69) is 114 Å². The van der Waals surface area contributed by atoms with Crippen molar-refractivity contribution in [3.63, 3.8) is 0 Å². The molecule has 0 radical (unpaired) electrons. The minimum atomic E-state index is -0.872. The molecule has 2 aliphatic carbocycles. The molecule has 0 amide bonds. The van der Waals surface area contributed by atoms with E-state index in [-0.39, 0.29) is 24.8 Å². The molecule has 1 nitrogen and oxygen atoms in total. The summed E-state index contributed by atoms with van der Waals surface area (Å²) in [7, 11) is 0. The monoisotopic (exact) mass is 545 g/mol. The Hall–Kier alpha value is -2.12. The van der Waals surface area contributed by atoms with E-state index in [1.807, 2.05) is 0 Å². The Labute approximate surface area is 219 Å². The molecule has 6 rings (SSSR count). The van der Waals surface area contributed by atoms with E-state index < -0.39 is 23.2 Å². The molecular weight excluding hydrogens is 524 g/mol. The number of aromatic nitrogens is 1. The quantitative estimate of drug-likeness (QED) is 0.355. The number of benzene rings is 3. The third kappa shape index (κ3) is 4.62. The largest absolute Gasteiger partial charge is 1.00 e. The maximum absolute atomic E-state index is 2.45. The number of hydrogen-bond acceptors (Lipinski definition) is 0. The second-order valence-corrected chi connectivity index (χ2v) is 11.9. The molecule has 1 heterocycles. The summed E-state index contributed by atoms with van der Waals surface area (Å²) in [6.07, 6.45) is 11.7. The molecule has 3 aromatic carbocycles. The van der Waals surface area contributed by atoms with Gasteiger partial charge in [-0.3, -0.25) is 0 Å². The van der Waals surface area contributed by atoms with Crippen LogP contribution in [0.15, 0.2) is 112 Å². The van der Waals surface area contributed by atoms with E-state index in [1.54, 1.807) is 8.85 Å². The van der Waals surface area contributed by atoms with Crippen molar-refractivity contribution in [1.82, 2.24) is 4.57 Å². The minimum Gasteiger partial charge on any atom is -1.00 e. The van der Waals surface area contributed by atoms with Crippen molar-refractivity contribution < 1.29 is 48.0 Å². The summed E-state index contributed by atoms with van der Waals surface area (Å²) in [5, 5.41) is 1.31. The van der Waals surface area contributed by atoms with Crippen LogP contribution >= 0.6 is 0 Å². The van der Waals surface area contributed by atoms with Gasteiger partial charge in [0, 0.05) is 0 Å². The maximum Gasteiger partial charge on any atom is -1.00 e. The first kappa shape index (κ1) is 24.0. The zero-order valence-electron chi connectivity index (χ0n) is 18.1. The van der Waals surface area contributed by atoms with Crippen LogP contribution < -0.4 is 24.8 Å². The predicted octanol–water partition coefficient (Wildman–Crippen LogP) is 1.24. The maximum atomic E-state index is 2.45. The van der Waals surface area contributed by atoms with E-state index in [9.17, 15) is 0 Å². The number of fused-ring (bicyclic) bond motifs is 2. The molecule has 2 aliphatic rings. The Morgan fingerprint density at radius 1 is 0.818 bits per heavy atom. The zero-order chi connectivity index (χ0) is 20.6. The first-order valence-corrected chi connectivity index (χ1v) is 13.6. The molecule has 0 bridgehead atoms. The molecule has 33 heavy (non-hydrogen) atoms. The zero-order valence-corrected chi connectivity index (χ0v) is 22.1. The van der Waals surface area contributed by atoms with Crippen LogP contribution in [0.3, 0.4) is 0 Å². The molecule has 0 spiro atoms. The first-order chi connectivity index (χ1) is 15.4. The van der Waals surface area contributed by atoms with Gasteiger partial charge in [-0.05, 0) is 0 Å². The van der Waals surface area contributed by atoms with Gasteiger partial charge < -0.3 is 24.8 Å². The molecule has 162 valence electrons. The second-order valence-electron chi connectivity index (χ2n) is 8.29. The van der Waals surface area contributed by atoms with E-state index in [0.717, 1.165) is 12.8 Å². The number of nitrogens with zero attached hydrogens (tertiary/aromatic N) is 1. The Kier molecular flexibility index (Phi) is 7.59. The van der Waals surface area contributed by atoms with Gasteiger partial charge in [0.05, 0.1) is 0 Å². The third-order valence-corrected chi connectivity index (χ3v) is 10.7. The van der Waals surface area contributed by atoms with Gasteiger partial charge in [0.25, 0.3) is 0 Å². The summed E-state index contributed by atoms with van der Waals surface area (Å²) >= 11 is -0.872. The topological polar surface area (TPSA) is 4.93 Å². The third-order valence-electron chi connectivity index (χ3n) is 6.37. The molecule has 0 fully saturated rings. The Bertz CT molecular complexity index is 1360. The van der Waals surface area contributed by atoms with E-state index in [1.165, 1.54) is 33.3 Å². The predicted molar refractivity (Wildman–Crippen MR) is 126 cm³/mol. The normalized spacial score (nSPS) is 16.1. The van der Waals surface area contributed by atoms with Crippen LogP contribution in [0.4, 0.5) is 0 Å². The summed E-state index contributed by atoms with van der Waals surface area (Å²) in [4.78, 5) is 0. The number of halogens is 2. The van der Waals surface area contributed by atoms with E-state index in [0.29, 0.717) is 3.63 Å². The molecule has 1 aromatic heterocycles. The second kappa shape index (κ2) is 10.4. The fourth-order valence-corrected chi connectivity index (χ4v) is 9.09. The fraction of sp³-hybridized carbons (Fsp3) is 0.103. The molecular formula is C29H23Cl2NZr. The van der Waals surface area contributed by atoms with Crippen molar-refractivity contribution in [2.75, 3.05) is 0 Å². The summed E-state index contributed by atoms with van der Waals surface area (Å²) in [6.45, 7) is 0. The Balaban J connectivity index is 0.00000130. The van der Waals surface area contributed by atoms with Crippen molar-refractivity contribution in [3.05, 3.63) is 129 Å². The number of rotatable bonds is 5. The molecule has 0 N–H and O–H groups in total. The number of allylic oxidation sites excluding steroid dienone is 5. The average molecular weight is 548 g/mol. The van der Waals surface area contributed by atoms with Crippen molar-refractivity contribution in [3.8, 4) is 0 Å². The summed E-state index contributed by atoms with van der Waals surface area (Å²) in [6, 6.07) is 30.9. The van der Waals surface area contributed by atoms with Gasteiger partial charge >= 0.3 is 196 Å². The molecule has 1 unspecified atom stereocenters. The molecule has 0 saturated carbocycles. The van der Waals surface area contributed by atoms with Gasteiger partial charge in [-0.15, -0.1) is 0 Å². The fourth-order valence-electron chi connectivity index (χ4n) is 4.83. The molecule has 0 aliphatic heterocycles. The van der Waals surface area contributed by atoms with Crippen molar-refractivity contribution >= 4 is 22.7 Å². The molecule has 4 heteroatoms. The Morgan fingerprint density at radius 2 is 1.58 bits per heavy atom. The van der Waals surface area contributed by atoms with Crippen LogP contribution in [0.25, 0.3) is 22.7 Å². The van der Waals surface area contributed by atoms with Crippen LogP contribution in [-0.2, 0) is 29.7 Å². The summed E-state index contributed by atoms with van der Waals surface area (Å²) in [5.41, 5.74) is 8.69. The summed E-state index contributed by atoms with van der Waals surface area (Å²) in [5.74, 6) is 0. The number of para-hydroxylation sites is 1. The van der Waals surface area contributed by atoms with Crippen LogP contribution in [0.2, 0.25) is 0 Å². The van der Waals surface area contributed by atoms with Crippen molar-refractivity contribution in [2.24, 2.45) is 0 Å². The average Bonchev–Trinajstić information content (AvgIpc) is 3.52. The van der Waals surface area contributed by atoms with Crippen LogP contribution in [0.5, 0.6) is 0 Å². The number of hydrogen-bond donors (Lipinski definition) is 0. The molecule has 1 atom stereocenters. The molecule has 0 saturated heterocycles. The van der Waals surface area contributed by atoms with E-state index in [4.69, 9.17) is 0 Å².